The Hall–Kier alpha value is -2.81. The number of amidine groups is 1. The standard InChI is InChI=1S/C23H32FN7O/c1-14-18(5-8-28-20(14)24)30-21(26)17(22(27)32)11-29-19-4-3-16(9-15(19)10-25)31-12-23(13-31)6-2-7-23/h5,8,10-11,15-16,19,25,29H,2-4,6-7,9,12-13H2,1H3,(H2,27,32)(H2,26,28,30)/b17-11+,25-10?/t15?,16-,19+/m1/s1. The van der Waals surface area contributed by atoms with Crippen LogP contribution in [0.2, 0.25) is 0 Å². The highest BCUT2D eigenvalue weighted by Crippen LogP contribution is 2.50. The summed E-state index contributed by atoms with van der Waals surface area (Å²) >= 11 is 0. The van der Waals surface area contributed by atoms with Crippen LogP contribution in [-0.4, -0.2) is 53.0 Å². The van der Waals surface area contributed by atoms with Crippen molar-refractivity contribution in [2.45, 2.75) is 57.5 Å². The van der Waals surface area contributed by atoms with Crippen molar-refractivity contribution in [2.24, 2.45) is 27.8 Å². The van der Waals surface area contributed by atoms with Gasteiger partial charge in [-0.15, -0.1) is 0 Å². The minimum absolute atomic E-state index is 0.0185. The van der Waals surface area contributed by atoms with Crippen molar-refractivity contribution in [1.82, 2.24) is 15.2 Å². The van der Waals surface area contributed by atoms with Crippen molar-refractivity contribution in [1.29, 1.82) is 5.41 Å². The molecule has 1 aromatic rings. The summed E-state index contributed by atoms with van der Waals surface area (Å²) in [6.45, 7) is 3.95. The van der Waals surface area contributed by atoms with Gasteiger partial charge in [-0.2, -0.15) is 4.39 Å². The molecule has 2 heterocycles. The summed E-state index contributed by atoms with van der Waals surface area (Å²) in [4.78, 5) is 22.3. The van der Waals surface area contributed by atoms with Gasteiger partial charge >= 0.3 is 0 Å². The lowest BCUT2D eigenvalue weighted by Gasteiger charge is -2.59. The molecule has 3 aliphatic rings. The normalized spacial score (nSPS) is 28.0. The van der Waals surface area contributed by atoms with Gasteiger partial charge in [0.05, 0.1) is 11.3 Å². The second kappa shape index (κ2) is 8.97. The number of amides is 1. The van der Waals surface area contributed by atoms with Gasteiger partial charge in [0, 0.05) is 55.3 Å². The average Bonchev–Trinajstić information content (AvgIpc) is 2.70. The van der Waals surface area contributed by atoms with Gasteiger partial charge in [-0.1, -0.05) is 6.42 Å². The monoisotopic (exact) mass is 441 g/mol. The Morgan fingerprint density at radius 1 is 1.38 bits per heavy atom. The minimum atomic E-state index is -0.725. The Bertz CT molecular complexity index is 948. The fourth-order valence-corrected chi connectivity index (χ4v) is 5.25. The smallest absolute Gasteiger partial charge is 0.253 e. The first-order valence-corrected chi connectivity index (χ1v) is 11.3. The van der Waals surface area contributed by atoms with Gasteiger partial charge in [-0.05, 0) is 50.5 Å². The lowest BCUT2D eigenvalue weighted by molar-refractivity contribution is -0.114. The van der Waals surface area contributed by atoms with E-state index in [0.717, 1.165) is 19.3 Å². The molecular formula is C23H32FN7O. The lowest BCUT2D eigenvalue weighted by Crippen LogP contribution is -2.63. The highest BCUT2D eigenvalue weighted by molar-refractivity contribution is 6.20. The van der Waals surface area contributed by atoms with Crippen molar-refractivity contribution in [3.63, 3.8) is 0 Å². The van der Waals surface area contributed by atoms with Gasteiger partial charge in [-0.3, -0.25) is 9.69 Å². The molecule has 0 aromatic carbocycles. The molecule has 1 saturated heterocycles. The fourth-order valence-electron chi connectivity index (χ4n) is 5.25. The van der Waals surface area contributed by atoms with Crippen LogP contribution in [0.3, 0.4) is 0 Å². The maximum absolute atomic E-state index is 13.7. The second-order valence-electron chi connectivity index (χ2n) is 9.49. The quantitative estimate of drug-likeness (QED) is 0.223. The van der Waals surface area contributed by atoms with Gasteiger partial charge in [0.15, 0.2) is 0 Å². The van der Waals surface area contributed by atoms with Crippen molar-refractivity contribution < 1.29 is 9.18 Å². The zero-order valence-corrected chi connectivity index (χ0v) is 18.5. The van der Waals surface area contributed by atoms with E-state index in [1.165, 1.54) is 57.0 Å². The number of aliphatic imine (C=N–C) groups is 1. The number of aromatic nitrogens is 1. The van der Waals surface area contributed by atoms with E-state index >= 15 is 0 Å². The summed E-state index contributed by atoms with van der Waals surface area (Å²) < 4.78 is 13.7. The van der Waals surface area contributed by atoms with E-state index in [0.29, 0.717) is 17.1 Å². The number of nitrogens with one attached hydrogen (secondary N) is 2. The Labute approximate surface area is 187 Å². The number of hydrogen-bond donors (Lipinski definition) is 4. The predicted octanol–water partition coefficient (Wildman–Crippen LogP) is 2.15. The molecular weight excluding hydrogens is 409 g/mol. The first-order chi connectivity index (χ1) is 15.3. The average molecular weight is 442 g/mol. The molecule has 1 amide bonds. The summed E-state index contributed by atoms with van der Waals surface area (Å²) in [5.74, 6) is -1.40. The van der Waals surface area contributed by atoms with Gasteiger partial charge < -0.3 is 22.2 Å². The number of rotatable bonds is 7. The van der Waals surface area contributed by atoms with Crippen LogP contribution in [-0.2, 0) is 4.79 Å². The maximum atomic E-state index is 13.7. The third-order valence-electron chi connectivity index (χ3n) is 7.43. The summed E-state index contributed by atoms with van der Waals surface area (Å²) in [5, 5.41) is 11.2. The Kier molecular flexibility index (Phi) is 6.28. The van der Waals surface area contributed by atoms with E-state index in [1.54, 1.807) is 6.92 Å². The van der Waals surface area contributed by atoms with E-state index in [2.05, 4.69) is 20.2 Å². The number of likely N-dealkylation sites (tertiary alicyclic amines) is 1. The van der Waals surface area contributed by atoms with Gasteiger partial charge in [-0.25, -0.2) is 9.98 Å². The van der Waals surface area contributed by atoms with Crippen LogP contribution in [0.4, 0.5) is 10.1 Å². The van der Waals surface area contributed by atoms with Crippen LogP contribution in [0.25, 0.3) is 0 Å². The topological polar surface area (TPSA) is 133 Å². The lowest BCUT2D eigenvalue weighted by atomic mass is 9.62. The molecule has 0 bridgehead atoms. The summed E-state index contributed by atoms with van der Waals surface area (Å²) in [5.41, 5.74) is 12.7. The van der Waals surface area contributed by atoms with Crippen LogP contribution < -0.4 is 16.8 Å². The number of carbonyl (C=O) groups is 1. The molecule has 0 radical (unpaired) electrons. The van der Waals surface area contributed by atoms with E-state index in [1.807, 2.05) is 0 Å². The van der Waals surface area contributed by atoms with Crippen LogP contribution in [0, 0.1) is 29.6 Å². The Morgan fingerprint density at radius 2 is 2.12 bits per heavy atom. The van der Waals surface area contributed by atoms with Gasteiger partial charge in [0.1, 0.15) is 5.84 Å². The first kappa shape index (κ1) is 22.4. The molecule has 1 aromatic heterocycles. The number of halogens is 1. The first-order valence-electron chi connectivity index (χ1n) is 11.3. The van der Waals surface area contributed by atoms with Gasteiger partial charge in [0.25, 0.3) is 5.91 Å². The molecule has 8 nitrogen and oxygen atoms in total. The number of nitrogens with two attached hydrogens (primary N) is 2. The molecule has 172 valence electrons. The van der Waals surface area contributed by atoms with Crippen LogP contribution in [0.5, 0.6) is 0 Å². The number of hydrogen-bond acceptors (Lipinski definition) is 6. The number of nitrogens with zero attached hydrogens (tertiary/aromatic N) is 3. The molecule has 1 unspecified atom stereocenters. The SMILES string of the molecule is Cc1c(N=C(N)/C(=C\N[C@H]2CC[C@@H](N3CC4(CCC4)C3)CC2C=N)C(N)=O)ccnc1F. The van der Waals surface area contributed by atoms with E-state index in [-0.39, 0.29) is 28.9 Å². The number of carbonyl (C=O) groups excluding carboxylic acids is 1. The molecule has 32 heavy (non-hydrogen) atoms. The molecule has 3 fully saturated rings. The zero-order valence-electron chi connectivity index (χ0n) is 18.5. The third kappa shape index (κ3) is 4.39. The van der Waals surface area contributed by atoms with Crippen molar-refractivity contribution in [3.05, 3.63) is 35.5 Å². The molecule has 9 heteroatoms. The van der Waals surface area contributed by atoms with Crippen molar-refractivity contribution in [2.75, 3.05) is 13.1 Å². The minimum Gasteiger partial charge on any atom is -0.387 e. The summed E-state index contributed by atoms with van der Waals surface area (Å²) in [7, 11) is 0. The molecule has 4 rings (SSSR count). The third-order valence-corrected chi connectivity index (χ3v) is 7.43. The number of primary amides is 1. The molecule has 1 spiro atoms. The second-order valence-corrected chi connectivity index (χ2v) is 9.49. The molecule has 2 aliphatic carbocycles. The number of pyridine rings is 1. The van der Waals surface area contributed by atoms with E-state index < -0.39 is 11.9 Å². The fraction of sp³-hybridized carbons (Fsp3) is 0.565. The maximum Gasteiger partial charge on any atom is 0.253 e. The highest BCUT2D eigenvalue weighted by Gasteiger charge is 2.49. The summed E-state index contributed by atoms with van der Waals surface area (Å²) in [6.07, 6.45) is 11.2. The molecule has 2 saturated carbocycles. The summed E-state index contributed by atoms with van der Waals surface area (Å²) in [6, 6.07) is 2.05. The van der Waals surface area contributed by atoms with Crippen LogP contribution >= 0.6 is 0 Å². The Balaban J connectivity index is 1.41. The Morgan fingerprint density at radius 3 is 2.75 bits per heavy atom. The van der Waals surface area contributed by atoms with E-state index in [4.69, 9.17) is 16.9 Å². The van der Waals surface area contributed by atoms with Crippen molar-refractivity contribution in [3.8, 4) is 0 Å². The molecule has 6 N–H and O–H groups in total. The largest absolute Gasteiger partial charge is 0.387 e. The van der Waals surface area contributed by atoms with Crippen LogP contribution in [0.1, 0.15) is 44.1 Å². The van der Waals surface area contributed by atoms with Crippen molar-refractivity contribution >= 4 is 23.6 Å². The van der Waals surface area contributed by atoms with Gasteiger partial charge in [0.2, 0.25) is 5.95 Å². The highest BCUT2D eigenvalue weighted by atomic mass is 19.1. The predicted molar refractivity (Wildman–Crippen MR) is 122 cm³/mol. The molecule has 3 atom stereocenters. The molecule has 1 aliphatic heterocycles. The zero-order chi connectivity index (χ0) is 22.9. The van der Waals surface area contributed by atoms with Crippen LogP contribution in [0.15, 0.2) is 29.0 Å². The van der Waals surface area contributed by atoms with E-state index in [9.17, 15) is 9.18 Å².